The number of hydrogen-bond donors (Lipinski definition) is 1. The molecule has 5 heteroatoms. The lowest BCUT2D eigenvalue weighted by atomic mass is 10.00. The standard InChI is InChI=1S/C25H31N3O2/c1-18-6-5-7-19(2)25(18)26-23(29)17-27(22-10-11-22)15-13-24(30)28-14-12-20-8-3-4-9-21(20)16-28/h3-9,22H,10-17H2,1-2H3,(H,26,29). The summed E-state index contributed by atoms with van der Waals surface area (Å²) >= 11 is 0. The maximum Gasteiger partial charge on any atom is 0.238 e. The molecule has 2 aromatic rings. The zero-order chi connectivity index (χ0) is 21.1. The van der Waals surface area contributed by atoms with Crippen LogP contribution in [-0.4, -0.2) is 47.3 Å². The van der Waals surface area contributed by atoms with Crippen molar-refractivity contribution in [2.24, 2.45) is 0 Å². The lowest BCUT2D eigenvalue weighted by Gasteiger charge is -2.30. The van der Waals surface area contributed by atoms with E-state index in [2.05, 4.69) is 28.4 Å². The molecule has 4 rings (SSSR count). The predicted octanol–water partition coefficient (Wildman–Crippen LogP) is 3.68. The molecule has 158 valence electrons. The minimum absolute atomic E-state index is 0.00125. The van der Waals surface area contributed by atoms with Crippen LogP contribution in [0.5, 0.6) is 0 Å². The number of amides is 2. The van der Waals surface area contributed by atoms with Crippen LogP contribution in [0.15, 0.2) is 42.5 Å². The van der Waals surface area contributed by atoms with E-state index in [1.54, 1.807) is 0 Å². The quantitative estimate of drug-likeness (QED) is 0.765. The van der Waals surface area contributed by atoms with Crippen LogP contribution in [0, 0.1) is 13.8 Å². The number of fused-ring (bicyclic) bond motifs is 1. The normalized spacial score (nSPS) is 15.8. The Hall–Kier alpha value is -2.66. The molecule has 2 aliphatic rings. The average molecular weight is 406 g/mol. The van der Waals surface area contributed by atoms with Gasteiger partial charge in [-0.05, 0) is 55.4 Å². The number of nitrogens with zero attached hydrogens (tertiary/aromatic N) is 2. The molecule has 1 heterocycles. The van der Waals surface area contributed by atoms with Crippen molar-refractivity contribution in [2.45, 2.75) is 52.1 Å². The highest BCUT2D eigenvalue weighted by atomic mass is 16.2. The van der Waals surface area contributed by atoms with Gasteiger partial charge in [-0.1, -0.05) is 42.5 Å². The van der Waals surface area contributed by atoms with Crippen molar-refractivity contribution in [3.05, 3.63) is 64.7 Å². The van der Waals surface area contributed by atoms with Crippen LogP contribution in [0.3, 0.4) is 0 Å². The summed E-state index contributed by atoms with van der Waals surface area (Å²) in [6, 6.07) is 14.8. The summed E-state index contributed by atoms with van der Waals surface area (Å²) in [7, 11) is 0. The smallest absolute Gasteiger partial charge is 0.238 e. The second kappa shape index (κ2) is 9.00. The Morgan fingerprint density at radius 2 is 1.73 bits per heavy atom. The van der Waals surface area contributed by atoms with Crippen molar-refractivity contribution in [1.82, 2.24) is 9.80 Å². The predicted molar refractivity (Wildman–Crippen MR) is 119 cm³/mol. The Bertz CT molecular complexity index is 915. The third-order valence-corrected chi connectivity index (χ3v) is 6.25. The van der Waals surface area contributed by atoms with Gasteiger partial charge in [-0.25, -0.2) is 0 Å². The summed E-state index contributed by atoms with van der Waals surface area (Å²) in [5.74, 6) is 0.184. The van der Waals surface area contributed by atoms with E-state index in [-0.39, 0.29) is 11.8 Å². The van der Waals surface area contributed by atoms with E-state index >= 15 is 0 Å². The van der Waals surface area contributed by atoms with E-state index in [0.717, 1.165) is 42.6 Å². The van der Waals surface area contributed by atoms with Crippen LogP contribution in [-0.2, 0) is 22.6 Å². The molecule has 1 aliphatic carbocycles. The first kappa shape index (κ1) is 20.6. The van der Waals surface area contributed by atoms with Crippen LogP contribution in [0.1, 0.15) is 41.5 Å². The Kier molecular flexibility index (Phi) is 6.18. The Morgan fingerprint density at radius 1 is 1.03 bits per heavy atom. The van der Waals surface area contributed by atoms with E-state index in [1.165, 1.54) is 11.1 Å². The molecular weight excluding hydrogens is 374 g/mol. The highest BCUT2D eigenvalue weighted by molar-refractivity contribution is 5.93. The van der Waals surface area contributed by atoms with Crippen molar-refractivity contribution >= 4 is 17.5 Å². The van der Waals surface area contributed by atoms with Crippen molar-refractivity contribution < 1.29 is 9.59 Å². The lowest BCUT2D eigenvalue weighted by molar-refractivity contribution is -0.132. The van der Waals surface area contributed by atoms with Crippen molar-refractivity contribution in [3.63, 3.8) is 0 Å². The first-order valence-corrected chi connectivity index (χ1v) is 11.0. The van der Waals surface area contributed by atoms with Gasteiger partial charge in [-0.15, -0.1) is 0 Å². The molecular formula is C25H31N3O2. The zero-order valence-corrected chi connectivity index (χ0v) is 18.0. The largest absolute Gasteiger partial charge is 0.338 e. The molecule has 1 fully saturated rings. The van der Waals surface area contributed by atoms with Gasteiger partial charge in [-0.2, -0.15) is 0 Å². The summed E-state index contributed by atoms with van der Waals surface area (Å²) in [5.41, 5.74) is 5.65. The van der Waals surface area contributed by atoms with Gasteiger partial charge in [0.15, 0.2) is 0 Å². The van der Waals surface area contributed by atoms with Gasteiger partial charge in [0.2, 0.25) is 11.8 Å². The van der Waals surface area contributed by atoms with Gasteiger partial charge >= 0.3 is 0 Å². The number of rotatable bonds is 7. The number of aryl methyl sites for hydroxylation is 2. The monoisotopic (exact) mass is 405 g/mol. The summed E-state index contributed by atoms with van der Waals surface area (Å²) in [4.78, 5) is 29.7. The molecule has 1 N–H and O–H groups in total. The maximum atomic E-state index is 12.8. The van der Waals surface area contributed by atoms with Crippen molar-refractivity contribution in [3.8, 4) is 0 Å². The second-order valence-corrected chi connectivity index (χ2v) is 8.60. The SMILES string of the molecule is Cc1cccc(C)c1NC(=O)CN(CCC(=O)N1CCc2ccccc2C1)C1CC1. The maximum absolute atomic E-state index is 12.8. The van der Waals surface area contributed by atoms with Crippen LogP contribution in [0.2, 0.25) is 0 Å². The Labute approximate surface area is 179 Å². The fraction of sp³-hybridized carbons (Fsp3) is 0.440. The summed E-state index contributed by atoms with van der Waals surface area (Å²) in [5, 5.41) is 3.08. The van der Waals surface area contributed by atoms with Gasteiger partial charge in [0.25, 0.3) is 0 Å². The third kappa shape index (κ3) is 4.90. The molecule has 0 aromatic heterocycles. The molecule has 0 atom stereocenters. The summed E-state index contributed by atoms with van der Waals surface area (Å²) in [6.07, 6.45) is 3.62. The molecule has 30 heavy (non-hydrogen) atoms. The van der Waals surface area contributed by atoms with E-state index < -0.39 is 0 Å². The fourth-order valence-corrected chi connectivity index (χ4v) is 4.31. The zero-order valence-electron chi connectivity index (χ0n) is 18.0. The molecule has 5 nitrogen and oxygen atoms in total. The number of anilines is 1. The number of benzene rings is 2. The summed E-state index contributed by atoms with van der Waals surface area (Å²) < 4.78 is 0. The Morgan fingerprint density at radius 3 is 2.43 bits per heavy atom. The first-order valence-electron chi connectivity index (χ1n) is 11.0. The lowest BCUT2D eigenvalue weighted by Crippen LogP contribution is -2.40. The number of para-hydroxylation sites is 1. The summed E-state index contributed by atoms with van der Waals surface area (Å²) in [6.45, 7) is 6.49. The van der Waals surface area contributed by atoms with E-state index in [4.69, 9.17) is 0 Å². The molecule has 2 amide bonds. The molecule has 0 spiro atoms. The molecule has 2 aromatic carbocycles. The molecule has 1 aliphatic heterocycles. The molecule has 0 radical (unpaired) electrons. The molecule has 0 unspecified atom stereocenters. The highest BCUT2D eigenvalue weighted by Gasteiger charge is 2.31. The van der Waals surface area contributed by atoms with Crippen LogP contribution in [0.4, 0.5) is 5.69 Å². The van der Waals surface area contributed by atoms with Gasteiger partial charge in [0, 0.05) is 37.8 Å². The fourth-order valence-electron chi connectivity index (χ4n) is 4.31. The first-order chi connectivity index (χ1) is 14.5. The number of nitrogens with one attached hydrogen (secondary N) is 1. The van der Waals surface area contributed by atoms with E-state index in [9.17, 15) is 9.59 Å². The number of hydrogen-bond acceptors (Lipinski definition) is 3. The van der Waals surface area contributed by atoms with Gasteiger partial charge in [-0.3, -0.25) is 14.5 Å². The van der Waals surface area contributed by atoms with Crippen molar-refractivity contribution in [1.29, 1.82) is 0 Å². The minimum atomic E-state index is -0.00125. The number of carbonyl (C=O) groups is 2. The van der Waals surface area contributed by atoms with Crippen LogP contribution < -0.4 is 5.32 Å². The van der Waals surface area contributed by atoms with E-state index in [0.29, 0.717) is 32.1 Å². The minimum Gasteiger partial charge on any atom is -0.338 e. The van der Waals surface area contributed by atoms with Gasteiger partial charge in [0.05, 0.1) is 6.54 Å². The molecule has 1 saturated carbocycles. The Balaban J connectivity index is 1.31. The highest BCUT2D eigenvalue weighted by Crippen LogP contribution is 2.27. The number of carbonyl (C=O) groups excluding carboxylic acids is 2. The average Bonchev–Trinajstić information content (AvgIpc) is 3.58. The van der Waals surface area contributed by atoms with Crippen molar-refractivity contribution in [2.75, 3.05) is 25.0 Å². The molecule has 0 saturated heterocycles. The topological polar surface area (TPSA) is 52.7 Å². The van der Waals surface area contributed by atoms with Gasteiger partial charge in [0.1, 0.15) is 0 Å². The van der Waals surface area contributed by atoms with E-state index in [1.807, 2.05) is 43.0 Å². The van der Waals surface area contributed by atoms with Crippen LogP contribution >= 0.6 is 0 Å². The van der Waals surface area contributed by atoms with Gasteiger partial charge < -0.3 is 10.2 Å². The van der Waals surface area contributed by atoms with Crippen LogP contribution in [0.25, 0.3) is 0 Å². The third-order valence-electron chi connectivity index (χ3n) is 6.25. The second-order valence-electron chi connectivity index (χ2n) is 8.60. The molecule has 0 bridgehead atoms.